The number of carbonyl (C=O) groups is 1. The number of aryl methyl sites for hydroxylation is 1. The third-order valence-corrected chi connectivity index (χ3v) is 6.42. The van der Waals surface area contributed by atoms with Crippen molar-refractivity contribution in [1.29, 1.82) is 0 Å². The van der Waals surface area contributed by atoms with Crippen molar-refractivity contribution in [3.8, 4) is 11.5 Å². The summed E-state index contributed by atoms with van der Waals surface area (Å²) in [5.41, 5.74) is 3.64. The van der Waals surface area contributed by atoms with Crippen LogP contribution in [0.3, 0.4) is 0 Å². The second-order valence-corrected chi connectivity index (χ2v) is 8.24. The Morgan fingerprint density at radius 1 is 1.03 bits per heavy atom. The highest BCUT2D eigenvalue weighted by Crippen LogP contribution is 2.50. The van der Waals surface area contributed by atoms with Gasteiger partial charge in [-0.25, -0.2) is 0 Å². The van der Waals surface area contributed by atoms with E-state index in [0.29, 0.717) is 38.6 Å². The monoisotopic (exact) mass is 434 g/mol. The zero-order chi connectivity index (χ0) is 21.7. The van der Waals surface area contributed by atoms with Crippen molar-refractivity contribution < 1.29 is 18.7 Å². The van der Waals surface area contributed by atoms with Crippen molar-refractivity contribution in [3.05, 3.63) is 79.6 Å². The molecule has 5 rings (SSSR count). The van der Waals surface area contributed by atoms with Crippen LogP contribution in [0.5, 0.6) is 11.5 Å². The summed E-state index contributed by atoms with van der Waals surface area (Å²) in [7, 11) is 3.11. The number of ether oxygens (including phenoxy) is 2. The Balaban J connectivity index is 1.86. The average Bonchev–Trinajstić information content (AvgIpc) is 3.40. The minimum Gasteiger partial charge on any atom is -0.497 e. The lowest BCUT2D eigenvalue weighted by Crippen LogP contribution is -2.17. The number of rotatable bonds is 4. The van der Waals surface area contributed by atoms with Crippen LogP contribution in [0.15, 0.2) is 51.1 Å². The summed E-state index contributed by atoms with van der Waals surface area (Å²) in [5.74, 6) is -0.462. The first kappa shape index (κ1) is 19.4. The molecule has 2 aromatic carbocycles. The normalized spacial score (nSPS) is 17.7. The van der Waals surface area contributed by atoms with Gasteiger partial charge in [-0.3, -0.25) is 9.59 Å². The molecule has 0 saturated heterocycles. The van der Waals surface area contributed by atoms with Gasteiger partial charge in [0.2, 0.25) is 5.78 Å². The Kier molecular flexibility index (Phi) is 4.59. The molecule has 2 atom stereocenters. The van der Waals surface area contributed by atoms with E-state index in [1.54, 1.807) is 50.1 Å². The first-order chi connectivity index (χ1) is 15.0. The van der Waals surface area contributed by atoms with Gasteiger partial charge in [-0.15, -0.1) is 21.5 Å². The molecular formula is C23H18N2O5S. The number of ketones is 1. The van der Waals surface area contributed by atoms with Crippen molar-refractivity contribution in [1.82, 2.24) is 10.2 Å². The zero-order valence-electron chi connectivity index (χ0n) is 17.0. The summed E-state index contributed by atoms with van der Waals surface area (Å²) in [4.78, 5) is 27.2. The van der Waals surface area contributed by atoms with Gasteiger partial charge in [0.1, 0.15) is 27.6 Å². The first-order valence-corrected chi connectivity index (χ1v) is 10.5. The Labute approximate surface area is 181 Å². The Hall–Kier alpha value is -3.52. The van der Waals surface area contributed by atoms with E-state index >= 15 is 0 Å². The number of aromatic nitrogens is 2. The molecule has 156 valence electrons. The lowest BCUT2D eigenvalue weighted by Gasteiger charge is -2.20. The summed E-state index contributed by atoms with van der Waals surface area (Å²) < 4.78 is 17.0. The number of Topliss-reactive ketones (excluding diaryl/α,β-unsaturated/α-hetero) is 1. The molecule has 0 fully saturated rings. The molecule has 0 saturated carbocycles. The van der Waals surface area contributed by atoms with Crippen LogP contribution < -0.4 is 14.9 Å². The predicted octanol–water partition coefficient (Wildman–Crippen LogP) is 4.08. The molecule has 8 heteroatoms. The molecule has 2 heterocycles. The maximum atomic E-state index is 13.7. The van der Waals surface area contributed by atoms with E-state index < -0.39 is 11.8 Å². The molecule has 0 amide bonds. The number of hydrogen-bond acceptors (Lipinski definition) is 8. The Bertz CT molecular complexity index is 1380. The van der Waals surface area contributed by atoms with Crippen molar-refractivity contribution in [3.63, 3.8) is 0 Å². The molecule has 31 heavy (non-hydrogen) atoms. The average molecular weight is 434 g/mol. The third kappa shape index (κ3) is 2.94. The molecule has 7 nitrogen and oxygen atoms in total. The van der Waals surface area contributed by atoms with Gasteiger partial charge in [-0.05, 0) is 37.3 Å². The van der Waals surface area contributed by atoms with Gasteiger partial charge in [-0.2, -0.15) is 0 Å². The number of nitrogens with zero attached hydrogens (tertiary/aromatic N) is 2. The zero-order valence-corrected chi connectivity index (χ0v) is 17.9. The number of hydrogen-bond donors (Lipinski definition) is 0. The molecule has 0 spiro atoms. The van der Waals surface area contributed by atoms with Crippen LogP contribution in [-0.4, -0.2) is 30.2 Å². The van der Waals surface area contributed by atoms with Crippen molar-refractivity contribution in [2.75, 3.05) is 14.2 Å². The van der Waals surface area contributed by atoms with Crippen molar-refractivity contribution in [2.45, 2.75) is 18.8 Å². The van der Waals surface area contributed by atoms with Gasteiger partial charge in [-0.1, -0.05) is 11.6 Å². The minimum atomic E-state index is -0.738. The predicted molar refractivity (Wildman–Crippen MR) is 116 cm³/mol. The fraction of sp³-hybridized carbons (Fsp3) is 0.217. The summed E-state index contributed by atoms with van der Waals surface area (Å²) in [6, 6.07) is 10.7. The van der Waals surface area contributed by atoms with Gasteiger partial charge in [0.25, 0.3) is 0 Å². The lowest BCUT2D eigenvalue weighted by atomic mass is 9.84. The van der Waals surface area contributed by atoms with E-state index in [-0.39, 0.29) is 17.0 Å². The van der Waals surface area contributed by atoms with Gasteiger partial charge >= 0.3 is 0 Å². The van der Waals surface area contributed by atoms with E-state index in [0.717, 1.165) is 5.56 Å². The maximum Gasteiger partial charge on any atom is 0.209 e. The fourth-order valence-corrected chi connectivity index (χ4v) is 4.92. The van der Waals surface area contributed by atoms with Crippen LogP contribution in [-0.2, 0) is 0 Å². The van der Waals surface area contributed by atoms with Gasteiger partial charge in [0, 0.05) is 11.5 Å². The van der Waals surface area contributed by atoms with Gasteiger partial charge in [0.15, 0.2) is 11.2 Å². The molecule has 4 aromatic rings. The van der Waals surface area contributed by atoms with Crippen molar-refractivity contribution >= 4 is 28.1 Å². The number of methoxy groups -OCH3 is 2. The van der Waals surface area contributed by atoms with E-state index in [4.69, 9.17) is 13.9 Å². The largest absolute Gasteiger partial charge is 0.497 e. The summed E-state index contributed by atoms with van der Waals surface area (Å²) in [6.45, 7) is 1.91. The van der Waals surface area contributed by atoms with E-state index in [2.05, 4.69) is 10.2 Å². The van der Waals surface area contributed by atoms with Crippen LogP contribution in [0.25, 0.3) is 11.0 Å². The molecule has 1 aliphatic rings. The molecule has 0 N–H and O–H groups in total. The molecule has 2 aromatic heterocycles. The van der Waals surface area contributed by atoms with E-state index in [1.807, 2.05) is 13.0 Å². The molecule has 0 aliphatic heterocycles. The molecular weight excluding hydrogens is 416 g/mol. The summed E-state index contributed by atoms with van der Waals surface area (Å²) in [5, 5.41) is 9.02. The first-order valence-electron chi connectivity index (χ1n) is 9.63. The maximum absolute atomic E-state index is 13.7. The number of benzene rings is 2. The second-order valence-electron chi connectivity index (χ2n) is 7.38. The number of carbonyl (C=O) groups excluding carboxylic acids is 1. The highest BCUT2D eigenvalue weighted by molar-refractivity contribution is 7.09. The van der Waals surface area contributed by atoms with Crippen molar-refractivity contribution in [2.24, 2.45) is 0 Å². The summed E-state index contributed by atoms with van der Waals surface area (Å²) >= 11 is 1.27. The van der Waals surface area contributed by atoms with Gasteiger partial charge < -0.3 is 13.9 Å². The van der Waals surface area contributed by atoms with Crippen LogP contribution in [0.4, 0.5) is 0 Å². The molecule has 0 unspecified atom stereocenters. The Morgan fingerprint density at radius 3 is 2.58 bits per heavy atom. The Morgan fingerprint density at radius 2 is 1.87 bits per heavy atom. The quantitative estimate of drug-likeness (QED) is 0.478. The van der Waals surface area contributed by atoms with Crippen LogP contribution in [0.1, 0.15) is 44.1 Å². The minimum absolute atomic E-state index is 0.0661. The molecule has 1 aliphatic carbocycles. The van der Waals surface area contributed by atoms with Crippen LogP contribution in [0, 0.1) is 6.92 Å². The highest BCUT2D eigenvalue weighted by Gasteiger charge is 2.48. The lowest BCUT2D eigenvalue weighted by molar-refractivity contribution is 0.0945. The van der Waals surface area contributed by atoms with E-state index in [9.17, 15) is 9.59 Å². The number of fused-ring (bicyclic) bond motifs is 2. The molecule has 0 radical (unpaired) electrons. The topological polar surface area (TPSA) is 91.5 Å². The smallest absolute Gasteiger partial charge is 0.209 e. The molecule has 0 bridgehead atoms. The standard InChI is InChI=1S/C23H18N2O5S/c1-11-4-6-16-14(8-11)20(26)18-17(13-9-12(28-2)5-7-15(13)29-3)19(21(27)22(18)30-16)23-25-24-10-31-23/h4-10,17,19H,1-3H3/t17-,19+/m1/s1. The fourth-order valence-electron chi connectivity index (χ4n) is 4.24. The van der Waals surface area contributed by atoms with Gasteiger partial charge in [0.05, 0.1) is 31.1 Å². The highest BCUT2D eigenvalue weighted by atomic mass is 32.1. The SMILES string of the molecule is COc1ccc(OC)c([C@@H]2c3c(oc4ccc(C)cc4c3=O)C(=O)[C@H]2c2nncs2)c1. The van der Waals surface area contributed by atoms with E-state index in [1.165, 1.54) is 11.3 Å². The second kappa shape index (κ2) is 7.31. The van der Waals surface area contributed by atoms with Crippen LogP contribution >= 0.6 is 11.3 Å². The third-order valence-electron chi connectivity index (χ3n) is 5.65. The summed E-state index contributed by atoms with van der Waals surface area (Å²) in [6.07, 6.45) is 0. The van der Waals surface area contributed by atoms with Crippen LogP contribution in [0.2, 0.25) is 0 Å².